The Kier molecular flexibility index (Phi) is 1.92. The second-order valence-electron chi connectivity index (χ2n) is 0.273. The average Bonchev–Trinajstić information content (AvgIpc) is 0.811. The average molecular weight is 95.1 g/mol. The van der Waals surface area contributed by atoms with E-state index in [0.29, 0.717) is 0 Å². The molecule has 0 aliphatic heterocycles. The first-order valence-electron chi connectivity index (χ1n) is 0.606. The minimum absolute atomic E-state index is 1.79. The topological polar surface area (TPSA) is 44.0 Å². The fourth-order valence-electron chi connectivity index (χ4n) is 0. The van der Waals surface area contributed by atoms with Gasteiger partial charge in [-0.1, -0.05) is 0 Å². The molecule has 0 saturated carbocycles. The fourth-order valence-corrected chi connectivity index (χ4v) is 0. The Morgan fingerprint density at radius 3 is 2.00 bits per heavy atom. The standard InChI is InChI=1S/H2NOPS/c1-3(2)4/h1H,(H,2,4). The van der Waals surface area contributed by atoms with Crippen LogP contribution in [0.5, 0.6) is 0 Å². The van der Waals surface area contributed by atoms with E-state index in [-0.39, 0.29) is 0 Å². The summed E-state index contributed by atoms with van der Waals surface area (Å²) in [5.41, 5.74) is 6.02. The molecule has 2 radical (unpaired) electrons. The number of hydrogen-bond donors (Lipinski definition) is 1. The lowest BCUT2D eigenvalue weighted by Gasteiger charge is -1.63. The molecule has 0 aromatic carbocycles. The number of nitrogens with one attached hydrogen (secondary N) is 1. The van der Waals surface area contributed by atoms with Crippen LogP contribution in [-0.2, 0) is 11.8 Å². The molecular formula is H2NOPS. The first-order chi connectivity index (χ1) is 1.73. The minimum Gasteiger partial charge on any atom is -0.329 e. The first kappa shape index (κ1) is 4.44. The van der Waals surface area contributed by atoms with Crippen LogP contribution < -0.4 is 5.50 Å². The van der Waals surface area contributed by atoms with E-state index in [1.807, 2.05) is 0 Å². The normalized spacial score (nSPS) is 11.0. The van der Waals surface area contributed by atoms with Crippen LogP contribution in [-0.4, -0.2) is 4.89 Å². The molecule has 1 unspecified atom stereocenters. The molecule has 0 aliphatic rings. The fraction of sp³-hybridized carbons (Fsp3) is 0. The summed E-state index contributed by atoms with van der Waals surface area (Å²) in [4.78, 5) is 7.60. The Morgan fingerprint density at radius 1 is 2.00 bits per heavy atom. The molecule has 0 aromatic heterocycles. The van der Waals surface area contributed by atoms with Crippen molar-refractivity contribution in [3.05, 3.63) is 0 Å². The lowest BCUT2D eigenvalue weighted by Crippen LogP contribution is -1.43. The number of hydrogen-bond acceptors (Lipinski definition) is 1. The molecule has 24 valence electrons. The SMILES string of the molecule is [NH][P](O)=S. The Labute approximate surface area is 30.2 Å². The minimum atomic E-state index is -1.79. The zero-order valence-corrected chi connectivity index (χ0v) is 3.51. The van der Waals surface area contributed by atoms with Crippen LogP contribution in [0.1, 0.15) is 0 Å². The van der Waals surface area contributed by atoms with Crippen LogP contribution in [0.3, 0.4) is 0 Å². The molecule has 0 heterocycles. The van der Waals surface area contributed by atoms with Crippen molar-refractivity contribution in [1.29, 1.82) is 0 Å². The monoisotopic (exact) mass is 95.0 g/mol. The second-order valence-corrected chi connectivity index (χ2v) is 1.86. The van der Waals surface area contributed by atoms with E-state index in [1.165, 1.54) is 0 Å². The Morgan fingerprint density at radius 2 is 2.00 bits per heavy atom. The van der Waals surface area contributed by atoms with E-state index >= 15 is 0 Å². The van der Waals surface area contributed by atoms with E-state index < -0.39 is 7.07 Å². The van der Waals surface area contributed by atoms with E-state index in [1.54, 1.807) is 0 Å². The van der Waals surface area contributed by atoms with Crippen LogP contribution in [0.2, 0.25) is 0 Å². The summed E-state index contributed by atoms with van der Waals surface area (Å²) in [6.45, 7) is 0. The summed E-state index contributed by atoms with van der Waals surface area (Å²) < 4.78 is 0. The van der Waals surface area contributed by atoms with Crippen LogP contribution in [0.25, 0.3) is 0 Å². The van der Waals surface area contributed by atoms with Gasteiger partial charge in [-0.05, 0) is 11.8 Å². The highest BCUT2D eigenvalue weighted by atomic mass is 32.4. The maximum absolute atomic E-state index is 7.60. The van der Waals surface area contributed by atoms with Crippen molar-refractivity contribution in [2.45, 2.75) is 0 Å². The first-order valence-corrected chi connectivity index (χ1v) is 2.91. The van der Waals surface area contributed by atoms with Gasteiger partial charge in [-0.15, -0.1) is 0 Å². The summed E-state index contributed by atoms with van der Waals surface area (Å²) >= 11 is 3.91. The Bertz CT molecular complexity index is 31.0. The molecule has 0 amide bonds. The van der Waals surface area contributed by atoms with E-state index in [2.05, 4.69) is 11.8 Å². The lowest BCUT2D eigenvalue weighted by atomic mass is 13.9. The van der Waals surface area contributed by atoms with Crippen molar-refractivity contribution in [2.24, 2.45) is 0 Å². The van der Waals surface area contributed by atoms with E-state index in [0.717, 1.165) is 0 Å². The predicted molar refractivity (Wildman–Crippen MR) is 19.6 cm³/mol. The maximum atomic E-state index is 7.60. The third kappa shape index (κ3) is 26.1. The molecule has 0 rings (SSSR count). The highest BCUT2D eigenvalue weighted by molar-refractivity contribution is 8.01. The summed E-state index contributed by atoms with van der Waals surface area (Å²) in [6, 6.07) is 0. The van der Waals surface area contributed by atoms with Crippen molar-refractivity contribution in [2.75, 3.05) is 0 Å². The molecule has 2 nitrogen and oxygen atoms in total. The summed E-state index contributed by atoms with van der Waals surface area (Å²) in [7, 11) is -1.79. The predicted octanol–water partition coefficient (Wildman–Crippen LogP) is 0.0354. The van der Waals surface area contributed by atoms with Gasteiger partial charge in [0.2, 0.25) is 0 Å². The quantitative estimate of drug-likeness (QED) is 0.431. The second kappa shape index (κ2) is 1.73. The van der Waals surface area contributed by atoms with Crippen LogP contribution in [0.4, 0.5) is 0 Å². The molecule has 0 aliphatic carbocycles. The van der Waals surface area contributed by atoms with E-state index in [4.69, 9.17) is 10.4 Å². The van der Waals surface area contributed by atoms with Gasteiger partial charge in [0.25, 0.3) is 0 Å². The third-order valence-electron chi connectivity index (χ3n) is 0. The third-order valence-corrected chi connectivity index (χ3v) is 0. The molecule has 4 heteroatoms. The van der Waals surface area contributed by atoms with Gasteiger partial charge in [-0.25, -0.2) is 0 Å². The lowest BCUT2D eigenvalue weighted by molar-refractivity contribution is 0.643. The van der Waals surface area contributed by atoms with Gasteiger partial charge in [-0.3, -0.25) is 0 Å². The molecule has 1 atom stereocenters. The summed E-state index contributed by atoms with van der Waals surface area (Å²) in [6.07, 6.45) is 0. The highest BCUT2D eigenvalue weighted by Crippen LogP contribution is 1.97. The Balaban J connectivity index is 2.80. The van der Waals surface area contributed by atoms with Crippen molar-refractivity contribution < 1.29 is 4.89 Å². The summed E-state index contributed by atoms with van der Waals surface area (Å²) in [5.74, 6) is 0. The molecule has 0 spiro atoms. The van der Waals surface area contributed by atoms with E-state index in [9.17, 15) is 0 Å². The van der Waals surface area contributed by atoms with Crippen LogP contribution >= 0.6 is 7.07 Å². The molecule has 0 bridgehead atoms. The van der Waals surface area contributed by atoms with Gasteiger partial charge in [0.05, 0.1) is 0 Å². The van der Waals surface area contributed by atoms with Gasteiger partial charge in [0.1, 0.15) is 7.07 Å². The van der Waals surface area contributed by atoms with Crippen molar-refractivity contribution in [3.63, 3.8) is 0 Å². The van der Waals surface area contributed by atoms with Gasteiger partial charge < -0.3 is 4.89 Å². The number of rotatable bonds is 0. The molecular weight excluding hydrogens is 93.0 g/mol. The maximum Gasteiger partial charge on any atom is 0.142 e. The van der Waals surface area contributed by atoms with Crippen LogP contribution in [0.15, 0.2) is 0 Å². The van der Waals surface area contributed by atoms with Gasteiger partial charge in [0, 0.05) is 0 Å². The molecule has 4 heavy (non-hydrogen) atoms. The highest BCUT2D eigenvalue weighted by Gasteiger charge is 1.56. The van der Waals surface area contributed by atoms with Crippen LogP contribution in [0, 0.1) is 0 Å². The molecule has 2 N–H and O–H groups in total. The molecule has 0 fully saturated rings. The largest absolute Gasteiger partial charge is 0.329 e. The van der Waals surface area contributed by atoms with Crippen molar-refractivity contribution in [3.8, 4) is 0 Å². The summed E-state index contributed by atoms with van der Waals surface area (Å²) in [5, 5.41) is 0. The molecule has 0 saturated heterocycles. The van der Waals surface area contributed by atoms with Gasteiger partial charge >= 0.3 is 0 Å². The van der Waals surface area contributed by atoms with Crippen molar-refractivity contribution in [1.82, 2.24) is 5.50 Å². The molecule has 0 aromatic rings. The zero-order chi connectivity index (χ0) is 3.58. The van der Waals surface area contributed by atoms with Crippen molar-refractivity contribution >= 4 is 18.9 Å². The Hall–Kier alpha value is 0.440. The van der Waals surface area contributed by atoms with Gasteiger partial charge in [0.15, 0.2) is 0 Å². The smallest absolute Gasteiger partial charge is 0.142 e. The van der Waals surface area contributed by atoms with Gasteiger partial charge in [-0.2, -0.15) is 5.50 Å². The zero-order valence-electron chi connectivity index (χ0n) is 1.80.